The number of carbonyl (C=O) groups is 1. The van der Waals surface area contributed by atoms with Gasteiger partial charge in [-0.05, 0) is 43.7 Å². The Morgan fingerprint density at radius 1 is 0.844 bits per heavy atom. The SMILES string of the molecule is Cc1ccc(O[C@@H](c2ccccc2)[C@@H](NS(=O)(=O)c2ccc(C)cc2)C(=O)N(C)C)cc1. The fourth-order valence-electron chi connectivity index (χ4n) is 3.21. The third kappa shape index (κ3) is 5.75. The van der Waals surface area contributed by atoms with Crippen molar-refractivity contribution in [3.63, 3.8) is 0 Å². The Morgan fingerprint density at radius 2 is 1.38 bits per heavy atom. The summed E-state index contributed by atoms with van der Waals surface area (Å²) in [6, 6.07) is 21.8. The van der Waals surface area contributed by atoms with Gasteiger partial charge in [0, 0.05) is 14.1 Å². The first-order valence-corrected chi connectivity index (χ1v) is 11.7. The highest BCUT2D eigenvalue weighted by atomic mass is 32.2. The maximum atomic E-state index is 13.2. The molecule has 0 unspecified atom stereocenters. The highest BCUT2D eigenvalue weighted by Crippen LogP contribution is 2.27. The molecule has 0 aliphatic heterocycles. The molecule has 1 amide bonds. The zero-order valence-electron chi connectivity index (χ0n) is 18.6. The average Bonchev–Trinajstić information content (AvgIpc) is 2.77. The van der Waals surface area contributed by atoms with Gasteiger partial charge in [0.25, 0.3) is 0 Å². The van der Waals surface area contributed by atoms with E-state index in [0.717, 1.165) is 11.1 Å². The molecule has 0 aliphatic carbocycles. The number of nitrogens with zero attached hydrogens (tertiary/aromatic N) is 1. The molecule has 0 heterocycles. The molecule has 0 saturated heterocycles. The molecule has 0 spiro atoms. The molecule has 168 valence electrons. The van der Waals surface area contributed by atoms with Gasteiger partial charge in [-0.15, -0.1) is 0 Å². The molecule has 0 saturated carbocycles. The number of benzene rings is 3. The summed E-state index contributed by atoms with van der Waals surface area (Å²) in [7, 11) is -0.811. The second kappa shape index (κ2) is 9.97. The first-order valence-electron chi connectivity index (χ1n) is 10.3. The lowest BCUT2D eigenvalue weighted by molar-refractivity contribution is -0.132. The second-order valence-corrected chi connectivity index (χ2v) is 9.62. The Kier molecular flexibility index (Phi) is 7.33. The van der Waals surface area contributed by atoms with Gasteiger partial charge in [0.05, 0.1) is 4.90 Å². The summed E-state index contributed by atoms with van der Waals surface area (Å²) in [6.07, 6.45) is -0.881. The van der Waals surface area contributed by atoms with Crippen LogP contribution in [0.3, 0.4) is 0 Å². The minimum absolute atomic E-state index is 0.0850. The van der Waals surface area contributed by atoms with E-state index in [9.17, 15) is 13.2 Å². The summed E-state index contributed by atoms with van der Waals surface area (Å²) >= 11 is 0. The molecule has 0 aliphatic rings. The van der Waals surface area contributed by atoms with Gasteiger partial charge >= 0.3 is 0 Å². The molecule has 2 atom stereocenters. The molecule has 7 heteroatoms. The van der Waals surface area contributed by atoms with Crippen molar-refractivity contribution in [1.82, 2.24) is 9.62 Å². The zero-order valence-corrected chi connectivity index (χ0v) is 19.5. The van der Waals surface area contributed by atoms with Crippen LogP contribution >= 0.6 is 0 Å². The Hall–Kier alpha value is -3.16. The summed E-state index contributed by atoms with van der Waals surface area (Å²) in [5.41, 5.74) is 2.68. The lowest BCUT2D eigenvalue weighted by Gasteiger charge is -2.30. The van der Waals surface area contributed by atoms with Crippen LogP contribution in [0, 0.1) is 13.8 Å². The van der Waals surface area contributed by atoms with E-state index in [2.05, 4.69) is 4.72 Å². The van der Waals surface area contributed by atoms with Crippen molar-refractivity contribution in [2.45, 2.75) is 30.9 Å². The normalized spacial score (nSPS) is 13.2. The fourth-order valence-corrected chi connectivity index (χ4v) is 4.40. The fraction of sp³-hybridized carbons (Fsp3) is 0.240. The topological polar surface area (TPSA) is 75.7 Å². The minimum atomic E-state index is -3.98. The summed E-state index contributed by atoms with van der Waals surface area (Å²) in [6.45, 7) is 3.84. The maximum Gasteiger partial charge on any atom is 0.244 e. The van der Waals surface area contributed by atoms with Gasteiger partial charge in [-0.1, -0.05) is 65.7 Å². The third-order valence-electron chi connectivity index (χ3n) is 5.04. The highest BCUT2D eigenvalue weighted by Gasteiger charge is 2.36. The molecule has 0 radical (unpaired) electrons. The van der Waals surface area contributed by atoms with Crippen LogP contribution in [0.2, 0.25) is 0 Å². The monoisotopic (exact) mass is 452 g/mol. The third-order valence-corrected chi connectivity index (χ3v) is 6.49. The molecule has 3 aromatic rings. The number of aryl methyl sites for hydroxylation is 2. The van der Waals surface area contributed by atoms with E-state index >= 15 is 0 Å². The lowest BCUT2D eigenvalue weighted by atomic mass is 10.0. The molecule has 1 N–H and O–H groups in total. The predicted octanol–water partition coefficient (Wildman–Crippen LogP) is 3.86. The van der Waals surface area contributed by atoms with Crippen LogP contribution in [0.25, 0.3) is 0 Å². The van der Waals surface area contributed by atoms with E-state index in [1.165, 1.54) is 17.0 Å². The molecule has 6 nitrogen and oxygen atoms in total. The predicted molar refractivity (Wildman–Crippen MR) is 125 cm³/mol. The number of hydrogen-bond donors (Lipinski definition) is 1. The van der Waals surface area contributed by atoms with Crippen LogP contribution in [-0.4, -0.2) is 39.4 Å². The number of likely N-dealkylation sites (N-methyl/N-ethyl adjacent to an activating group) is 1. The van der Waals surface area contributed by atoms with Crippen LogP contribution in [0.4, 0.5) is 0 Å². The largest absolute Gasteiger partial charge is 0.483 e. The van der Waals surface area contributed by atoms with Gasteiger partial charge in [0.15, 0.2) is 0 Å². The summed E-state index contributed by atoms with van der Waals surface area (Å²) < 4.78 is 35.2. The van der Waals surface area contributed by atoms with Crippen molar-refractivity contribution < 1.29 is 17.9 Å². The van der Waals surface area contributed by atoms with Crippen LogP contribution in [0.15, 0.2) is 83.8 Å². The first kappa shape index (κ1) is 23.5. The molecule has 0 fully saturated rings. The quantitative estimate of drug-likeness (QED) is 0.563. The van der Waals surface area contributed by atoms with Gasteiger partial charge < -0.3 is 9.64 Å². The number of carbonyl (C=O) groups excluding carboxylic acids is 1. The number of hydrogen-bond acceptors (Lipinski definition) is 4. The van der Waals surface area contributed by atoms with Crippen molar-refractivity contribution in [2.24, 2.45) is 0 Å². The first-order chi connectivity index (χ1) is 15.2. The van der Waals surface area contributed by atoms with Gasteiger partial charge in [-0.3, -0.25) is 4.79 Å². The second-order valence-electron chi connectivity index (χ2n) is 7.91. The van der Waals surface area contributed by atoms with Crippen molar-refractivity contribution in [3.05, 3.63) is 95.6 Å². The van der Waals surface area contributed by atoms with Gasteiger partial charge in [0.1, 0.15) is 17.9 Å². The molecular weight excluding hydrogens is 424 g/mol. The summed E-state index contributed by atoms with van der Waals surface area (Å²) in [5.74, 6) is 0.122. The number of ether oxygens (including phenoxy) is 1. The number of amides is 1. The Labute approximate surface area is 189 Å². The Morgan fingerprint density at radius 3 is 1.91 bits per heavy atom. The smallest absolute Gasteiger partial charge is 0.244 e. The minimum Gasteiger partial charge on any atom is -0.483 e. The van der Waals surface area contributed by atoms with Crippen molar-refractivity contribution >= 4 is 15.9 Å². The summed E-state index contributed by atoms with van der Waals surface area (Å²) in [5, 5.41) is 0. The van der Waals surface area contributed by atoms with Gasteiger partial charge in [-0.2, -0.15) is 4.72 Å². The molecule has 3 rings (SSSR count). The number of sulfonamides is 1. The van der Waals surface area contributed by atoms with E-state index in [1.807, 2.05) is 56.3 Å². The van der Waals surface area contributed by atoms with Crippen molar-refractivity contribution in [1.29, 1.82) is 0 Å². The van der Waals surface area contributed by atoms with E-state index in [-0.39, 0.29) is 4.90 Å². The van der Waals surface area contributed by atoms with Crippen molar-refractivity contribution in [3.8, 4) is 5.75 Å². The van der Waals surface area contributed by atoms with E-state index < -0.39 is 28.1 Å². The molecule has 3 aromatic carbocycles. The van der Waals surface area contributed by atoms with Crippen molar-refractivity contribution in [2.75, 3.05) is 14.1 Å². The number of nitrogens with one attached hydrogen (secondary N) is 1. The Balaban J connectivity index is 2.04. The van der Waals surface area contributed by atoms with Crippen LogP contribution in [0.5, 0.6) is 5.75 Å². The van der Waals surface area contributed by atoms with E-state index in [4.69, 9.17) is 4.74 Å². The molecule has 0 aromatic heterocycles. The average molecular weight is 453 g/mol. The maximum absolute atomic E-state index is 13.2. The van der Waals surface area contributed by atoms with E-state index in [1.54, 1.807) is 38.4 Å². The molecule has 32 heavy (non-hydrogen) atoms. The standard InChI is InChI=1S/C25H28N2O4S/c1-18-10-14-21(15-11-18)31-24(20-8-6-5-7-9-20)23(25(28)27(3)4)26-32(29,30)22-16-12-19(2)13-17-22/h5-17,23-24,26H,1-4H3/t23-,24+/m1/s1. The summed E-state index contributed by atoms with van der Waals surface area (Å²) in [4.78, 5) is 14.6. The van der Waals surface area contributed by atoms with Crippen LogP contribution < -0.4 is 9.46 Å². The number of rotatable bonds is 8. The molecule has 0 bridgehead atoms. The lowest BCUT2D eigenvalue weighted by Crippen LogP contribution is -2.51. The van der Waals surface area contributed by atoms with Gasteiger partial charge in [-0.25, -0.2) is 8.42 Å². The molecular formula is C25H28N2O4S. The van der Waals surface area contributed by atoms with Gasteiger partial charge in [0.2, 0.25) is 15.9 Å². The van der Waals surface area contributed by atoms with Crippen LogP contribution in [-0.2, 0) is 14.8 Å². The van der Waals surface area contributed by atoms with E-state index in [0.29, 0.717) is 11.3 Å². The van der Waals surface area contributed by atoms with Crippen LogP contribution in [0.1, 0.15) is 22.8 Å². The Bertz CT molecular complexity index is 1140. The zero-order chi connectivity index (χ0) is 23.3. The highest BCUT2D eigenvalue weighted by molar-refractivity contribution is 7.89.